The molecule has 2 heteroatoms. The van der Waals surface area contributed by atoms with Gasteiger partial charge in [0, 0.05) is 29.5 Å². The Labute approximate surface area is 332 Å². The Morgan fingerprint density at radius 3 is 1.37 bits per heavy atom. The van der Waals surface area contributed by atoms with Crippen LogP contribution >= 0.6 is 0 Å². The maximum Gasteiger partial charge on any atom is 0.0467 e. The van der Waals surface area contributed by atoms with E-state index in [0.717, 1.165) is 28.2 Å². The molecule has 11 rings (SSSR count). The maximum atomic E-state index is 4.25. The fourth-order valence-corrected chi connectivity index (χ4v) is 9.07. The Bertz CT molecular complexity index is 3010. The van der Waals surface area contributed by atoms with Gasteiger partial charge in [0.1, 0.15) is 0 Å². The second kappa shape index (κ2) is 13.6. The monoisotopic (exact) mass is 724 g/mol. The molecule has 0 unspecified atom stereocenters. The summed E-state index contributed by atoms with van der Waals surface area (Å²) in [6, 6.07) is 75.0. The average molecular weight is 725 g/mol. The lowest BCUT2D eigenvalue weighted by Crippen LogP contribution is -2.10. The number of fused-ring (bicyclic) bond motifs is 4. The highest BCUT2D eigenvalue weighted by Crippen LogP contribution is 2.58. The van der Waals surface area contributed by atoms with Gasteiger partial charge in [-0.1, -0.05) is 158 Å². The van der Waals surface area contributed by atoms with Gasteiger partial charge in [-0.2, -0.15) is 0 Å². The fourth-order valence-electron chi connectivity index (χ4n) is 9.07. The van der Waals surface area contributed by atoms with Crippen molar-refractivity contribution >= 4 is 38.6 Å². The van der Waals surface area contributed by atoms with Crippen LogP contribution in [-0.4, -0.2) is 4.98 Å². The predicted octanol–water partition coefficient (Wildman–Crippen LogP) is 15.2. The minimum atomic E-state index is 1.09. The molecule has 0 aliphatic heterocycles. The Balaban J connectivity index is 1.13. The number of rotatable bonds is 7. The molecule has 0 saturated heterocycles. The van der Waals surface area contributed by atoms with Crippen molar-refractivity contribution in [2.45, 2.75) is 0 Å². The molecule has 1 aliphatic rings. The number of hydrogen-bond donors (Lipinski definition) is 0. The van der Waals surface area contributed by atoms with Gasteiger partial charge >= 0.3 is 0 Å². The molecule has 0 bridgehead atoms. The van der Waals surface area contributed by atoms with Gasteiger partial charge in [0.2, 0.25) is 0 Å². The first-order valence-electron chi connectivity index (χ1n) is 19.5. The minimum Gasteiger partial charge on any atom is -0.310 e. The van der Waals surface area contributed by atoms with Crippen LogP contribution in [-0.2, 0) is 0 Å². The summed E-state index contributed by atoms with van der Waals surface area (Å²) in [4.78, 5) is 6.60. The van der Waals surface area contributed by atoms with E-state index in [-0.39, 0.29) is 0 Å². The second-order valence-corrected chi connectivity index (χ2v) is 14.7. The highest BCUT2D eigenvalue weighted by Gasteiger charge is 2.31. The van der Waals surface area contributed by atoms with Gasteiger partial charge < -0.3 is 4.90 Å². The molecule has 1 heterocycles. The van der Waals surface area contributed by atoms with Crippen LogP contribution in [0.2, 0.25) is 0 Å². The molecule has 57 heavy (non-hydrogen) atoms. The molecule has 266 valence electrons. The zero-order valence-electron chi connectivity index (χ0n) is 31.2. The van der Waals surface area contributed by atoms with Crippen molar-refractivity contribution in [3.8, 4) is 66.8 Å². The summed E-state index contributed by atoms with van der Waals surface area (Å²) in [6.45, 7) is 0. The van der Waals surface area contributed by atoms with Gasteiger partial charge in [-0.15, -0.1) is 0 Å². The van der Waals surface area contributed by atoms with E-state index < -0.39 is 0 Å². The molecular formula is C55H36N2. The number of pyridine rings is 1. The normalized spacial score (nSPS) is 11.5. The smallest absolute Gasteiger partial charge is 0.0467 e. The number of benzene rings is 9. The minimum absolute atomic E-state index is 1.09. The highest BCUT2D eigenvalue weighted by atomic mass is 15.1. The molecule has 2 nitrogen and oxygen atoms in total. The molecular weight excluding hydrogens is 689 g/mol. The zero-order valence-corrected chi connectivity index (χ0v) is 31.2. The number of nitrogens with zero attached hydrogens (tertiary/aromatic N) is 2. The topological polar surface area (TPSA) is 16.1 Å². The van der Waals surface area contributed by atoms with E-state index in [2.05, 4.69) is 216 Å². The van der Waals surface area contributed by atoms with Crippen LogP contribution in [0.1, 0.15) is 0 Å². The lowest BCUT2D eigenvalue weighted by atomic mass is 9.82. The predicted molar refractivity (Wildman–Crippen MR) is 240 cm³/mol. The van der Waals surface area contributed by atoms with E-state index in [1.54, 1.807) is 0 Å². The highest BCUT2D eigenvalue weighted by molar-refractivity contribution is 6.28. The Morgan fingerprint density at radius 1 is 0.281 bits per heavy atom. The van der Waals surface area contributed by atoms with Gasteiger partial charge in [-0.25, -0.2) is 0 Å². The van der Waals surface area contributed by atoms with Gasteiger partial charge in [-0.05, 0) is 137 Å². The standard InChI is InChI=1S/C55H36N2/c1-4-15-38(16-5-1)51-47-25-10-11-26-48(47)52(39-17-6-2-7-18-39)55-50-30-29-45(46-27-14-28-49(53(46)50)54(51)55)41-20-13-24-44(36-41)57(42-21-8-3-9-22-42)43-23-12-19-40(35-43)37-31-33-56-34-32-37/h1-36H. The van der Waals surface area contributed by atoms with E-state index in [4.69, 9.17) is 0 Å². The Kier molecular flexibility index (Phi) is 7.86. The van der Waals surface area contributed by atoms with Crippen LogP contribution in [0.3, 0.4) is 0 Å². The van der Waals surface area contributed by atoms with Crippen molar-refractivity contribution in [1.82, 2.24) is 4.98 Å². The van der Waals surface area contributed by atoms with Crippen molar-refractivity contribution in [2.24, 2.45) is 0 Å². The van der Waals surface area contributed by atoms with Gasteiger partial charge in [0.05, 0.1) is 0 Å². The molecule has 1 aliphatic carbocycles. The Morgan fingerprint density at radius 2 is 0.737 bits per heavy atom. The first kappa shape index (κ1) is 32.8. The van der Waals surface area contributed by atoms with Crippen molar-refractivity contribution in [3.63, 3.8) is 0 Å². The molecule has 0 N–H and O–H groups in total. The first-order valence-corrected chi connectivity index (χ1v) is 19.5. The SMILES string of the molecule is c1ccc(-c2c3c(c(-c4ccccc4)c4ccccc24)-c2ccc(-c4cccc(N(c5ccccc5)c5cccc(-c6ccncc6)c5)c4)c4cccc-3c24)cc1. The summed E-state index contributed by atoms with van der Waals surface area (Å²) in [6.07, 6.45) is 3.70. The third kappa shape index (κ3) is 5.45. The quantitative estimate of drug-likeness (QED) is 0.163. The molecule has 1 aromatic heterocycles. The van der Waals surface area contributed by atoms with Crippen molar-refractivity contribution < 1.29 is 0 Å². The summed E-state index contributed by atoms with van der Waals surface area (Å²) >= 11 is 0. The summed E-state index contributed by atoms with van der Waals surface area (Å²) in [7, 11) is 0. The average Bonchev–Trinajstić information content (AvgIpc) is 3.62. The van der Waals surface area contributed by atoms with Gasteiger partial charge in [0.15, 0.2) is 0 Å². The van der Waals surface area contributed by atoms with Crippen LogP contribution < -0.4 is 4.90 Å². The zero-order chi connectivity index (χ0) is 37.7. The molecule has 0 fully saturated rings. The molecule has 0 radical (unpaired) electrons. The van der Waals surface area contributed by atoms with Crippen molar-refractivity contribution in [1.29, 1.82) is 0 Å². The van der Waals surface area contributed by atoms with Crippen LogP contribution in [0, 0.1) is 0 Å². The first-order chi connectivity index (χ1) is 28.3. The van der Waals surface area contributed by atoms with Crippen LogP contribution in [0.25, 0.3) is 88.3 Å². The third-order valence-electron chi connectivity index (χ3n) is 11.5. The lowest BCUT2D eigenvalue weighted by molar-refractivity contribution is 1.28. The Hall–Kier alpha value is -7.55. The second-order valence-electron chi connectivity index (χ2n) is 14.7. The lowest BCUT2D eigenvalue weighted by Gasteiger charge is -2.26. The van der Waals surface area contributed by atoms with Crippen LogP contribution in [0.4, 0.5) is 17.1 Å². The van der Waals surface area contributed by atoms with Gasteiger partial charge in [0.25, 0.3) is 0 Å². The number of anilines is 3. The molecule has 0 amide bonds. The largest absolute Gasteiger partial charge is 0.310 e. The molecule has 9 aromatic carbocycles. The van der Waals surface area contributed by atoms with E-state index in [0.29, 0.717) is 0 Å². The molecule has 10 aromatic rings. The molecule has 0 saturated carbocycles. The number of para-hydroxylation sites is 1. The summed E-state index contributed by atoms with van der Waals surface area (Å²) in [5, 5.41) is 5.11. The maximum absolute atomic E-state index is 4.25. The van der Waals surface area contributed by atoms with Crippen molar-refractivity contribution in [2.75, 3.05) is 4.90 Å². The van der Waals surface area contributed by atoms with Crippen LogP contribution in [0.5, 0.6) is 0 Å². The summed E-state index contributed by atoms with van der Waals surface area (Å²) < 4.78 is 0. The van der Waals surface area contributed by atoms with E-state index in [1.165, 1.54) is 77.2 Å². The van der Waals surface area contributed by atoms with Gasteiger partial charge in [-0.3, -0.25) is 4.98 Å². The molecule has 0 spiro atoms. The third-order valence-corrected chi connectivity index (χ3v) is 11.5. The summed E-state index contributed by atoms with van der Waals surface area (Å²) in [5.41, 5.74) is 18.2. The van der Waals surface area contributed by atoms with E-state index in [9.17, 15) is 0 Å². The number of aromatic nitrogens is 1. The van der Waals surface area contributed by atoms with Crippen LogP contribution in [0.15, 0.2) is 219 Å². The summed E-state index contributed by atoms with van der Waals surface area (Å²) in [5.74, 6) is 0. The fraction of sp³-hybridized carbons (Fsp3) is 0. The van der Waals surface area contributed by atoms with E-state index in [1.807, 2.05) is 12.4 Å². The number of hydrogen-bond acceptors (Lipinski definition) is 2. The van der Waals surface area contributed by atoms with E-state index >= 15 is 0 Å². The van der Waals surface area contributed by atoms with Crippen molar-refractivity contribution in [3.05, 3.63) is 219 Å². The molecule has 0 atom stereocenters.